The van der Waals surface area contributed by atoms with Crippen molar-refractivity contribution in [1.82, 2.24) is 19.1 Å². The van der Waals surface area contributed by atoms with E-state index < -0.39 is 0 Å². The van der Waals surface area contributed by atoms with Crippen LogP contribution in [0.2, 0.25) is 0 Å². The average molecular weight is 745 g/mol. The second kappa shape index (κ2) is 12.6. The molecule has 266 valence electrons. The van der Waals surface area contributed by atoms with E-state index >= 15 is 0 Å². The normalized spacial score (nSPS) is 11.9. The topological polar surface area (TPSA) is 35.6 Å². The van der Waals surface area contributed by atoms with Crippen molar-refractivity contribution in [1.29, 1.82) is 0 Å². The fraction of sp³-hybridized carbons (Fsp3) is 0. The molecule has 0 radical (unpaired) electrons. The number of benzene rings is 8. The summed E-state index contributed by atoms with van der Waals surface area (Å²) in [6, 6.07) is 69.4. The zero-order valence-corrected chi connectivity index (χ0v) is 31.5. The van der Waals surface area contributed by atoms with Gasteiger partial charge in [0.25, 0.3) is 0 Å². The van der Waals surface area contributed by atoms with Crippen molar-refractivity contribution in [2.75, 3.05) is 0 Å². The minimum absolute atomic E-state index is 0.686. The van der Waals surface area contributed by atoms with E-state index in [1.165, 1.54) is 58.3 Å². The number of thiophene rings is 1. The maximum atomic E-state index is 5.45. The van der Waals surface area contributed by atoms with Crippen LogP contribution in [0.4, 0.5) is 0 Å². The lowest BCUT2D eigenvalue weighted by Crippen LogP contribution is -2.02. The standard InChI is InChI=1S/C52H32N4S/c1-3-14-33(15-4-1)34-26-28-35(29-27-34)52-53-43(41-22-13-21-40-38-19-9-12-25-47(38)57-51(40)41)32-48(54-52)56-45-24-11-8-20-42(45)49-46(56)31-30-39-37-18-7-10-23-44(37)55(50(39)49)36-16-5-2-6-17-36/h1-32H. The van der Waals surface area contributed by atoms with Crippen molar-refractivity contribution >= 4 is 75.1 Å². The molecule has 57 heavy (non-hydrogen) atoms. The highest BCUT2D eigenvalue weighted by atomic mass is 32.1. The number of hydrogen-bond acceptors (Lipinski definition) is 3. The van der Waals surface area contributed by atoms with Gasteiger partial charge in [0.05, 0.1) is 27.8 Å². The molecule has 0 atom stereocenters. The first kappa shape index (κ1) is 32.0. The highest BCUT2D eigenvalue weighted by molar-refractivity contribution is 7.26. The molecule has 0 aliphatic carbocycles. The van der Waals surface area contributed by atoms with Crippen LogP contribution in [0.1, 0.15) is 0 Å². The molecular weight excluding hydrogens is 713 g/mol. The van der Waals surface area contributed by atoms with Gasteiger partial charge in [-0.05, 0) is 47.5 Å². The van der Waals surface area contributed by atoms with Gasteiger partial charge in [-0.3, -0.25) is 4.57 Å². The van der Waals surface area contributed by atoms with E-state index in [0.717, 1.165) is 44.9 Å². The Morgan fingerprint density at radius 1 is 0.404 bits per heavy atom. The summed E-state index contributed by atoms with van der Waals surface area (Å²) in [6.07, 6.45) is 0. The van der Waals surface area contributed by atoms with Crippen molar-refractivity contribution in [2.45, 2.75) is 0 Å². The molecule has 0 N–H and O–H groups in total. The van der Waals surface area contributed by atoms with Gasteiger partial charge in [0.2, 0.25) is 0 Å². The van der Waals surface area contributed by atoms with Gasteiger partial charge in [0.15, 0.2) is 5.82 Å². The van der Waals surface area contributed by atoms with Crippen molar-refractivity contribution < 1.29 is 0 Å². The van der Waals surface area contributed by atoms with E-state index in [1.54, 1.807) is 0 Å². The highest BCUT2D eigenvalue weighted by Crippen LogP contribution is 2.44. The van der Waals surface area contributed by atoms with Crippen molar-refractivity contribution in [3.8, 4) is 45.3 Å². The van der Waals surface area contributed by atoms with Crippen molar-refractivity contribution in [3.63, 3.8) is 0 Å². The van der Waals surface area contributed by atoms with Crippen LogP contribution in [-0.2, 0) is 0 Å². The molecule has 0 aliphatic heterocycles. The first-order chi connectivity index (χ1) is 28.3. The molecule has 0 spiro atoms. The monoisotopic (exact) mass is 744 g/mol. The number of fused-ring (bicyclic) bond motifs is 10. The quantitative estimate of drug-likeness (QED) is 0.176. The predicted octanol–water partition coefficient (Wildman–Crippen LogP) is 14.0. The Balaban J connectivity index is 1.16. The van der Waals surface area contributed by atoms with Crippen LogP contribution in [0.25, 0.3) is 109 Å². The summed E-state index contributed by atoms with van der Waals surface area (Å²) in [5, 5.41) is 7.35. The van der Waals surface area contributed by atoms with Gasteiger partial charge in [-0.2, -0.15) is 0 Å². The molecule has 4 aromatic heterocycles. The van der Waals surface area contributed by atoms with Gasteiger partial charge >= 0.3 is 0 Å². The van der Waals surface area contributed by atoms with Crippen LogP contribution in [-0.4, -0.2) is 19.1 Å². The first-order valence-electron chi connectivity index (χ1n) is 19.3. The highest BCUT2D eigenvalue weighted by Gasteiger charge is 2.23. The molecule has 0 saturated heterocycles. The molecule has 8 aromatic carbocycles. The van der Waals surface area contributed by atoms with Crippen LogP contribution in [0, 0.1) is 0 Å². The maximum Gasteiger partial charge on any atom is 0.162 e. The number of rotatable bonds is 5. The number of aromatic nitrogens is 4. The van der Waals surface area contributed by atoms with Crippen LogP contribution in [0.5, 0.6) is 0 Å². The average Bonchev–Trinajstić information content (AvgIpc) is 3.95. The van der Waals surface area contributed by atoms with E-state index in [1.807, 2.05) is 11.3 Å². The predicted molar refractivity (Wildman–Crippen MR) is 240 cm³/mol. The Hall–Kier alpha value is -7.34. The second-order valence-corrected chi connectivity index (χ2v) is 15.6. The lowest BCUT2D eigenvalue weighted by Gasteiger charge is -2.13. The van der Waals surface area contributed by atoms with Crippen LogP contribution in [0.15, 0.2) is 194 Å². The fourth-order valence-corrected chi connectivity index (χ4v) is 10.0. The third-order valence-electron chi connectivity index (χ3n) is 11.4. The molecule has 0 aliphatic rings. The third kappa shape index (κ3) is 4.93. The zero-order chi connectivity index (χ0) is 37.5. The Bertz CT molecular complexity index is 3500. The number of hydrogen-bond donors (Lipinski definition) is 0. The van der Waals surface area contributed by atoms with Gasteiger partial charge in [-0.15, -0.1) is 11.3 Å². The largest absolute Gasteiger partial charge is 0.309 e. The minimum atomic E-state index is 0.686. The van der Waals surface area contributed by atoms with E-state index in [9.17, 15) is 0 Å². The van der Waals surface area contributed by atoms with Gasteiger partial charge in [-0.1, -0.05) is 152 Å². The summed E-state index contributed by atoms with van der Waals surface area (Å²) in [4.78, 5) is 10.8. The SMILES string of the molecule is c1ccc(-c2ccc(-c3nc(-c4cccc5c4sc4ccccc45)cc(-n4c5ccccc5c5c4ccc4c6ccccc6n(-c6ccccc6)c45)n3)cc2)cc1. The lowest BCUT2D eigenvalue weighted by molar-refractivity contribution is 1.05. The van der Waals surface area contributed by atoms with Crippen LogP contribution >= 0.6 is 11.3 Å². The van der Waals surface area contributed by atoms with Crippen molar-refractivity contribution in [3.05, 3.63) is 194 Å². The van der Waals surface area contributed by atoms with E-state index in [-0.39, 0.29) is 0 Å². The second-order valence-electron chi connectivity index (χ2n) is 14.6. The molecule has 0 amide bonds. The first-order valence-corrected chi connectivity index (χ1v) is 20.1. The van der Waals surface area contributed by atoms with E-state index in [4.69, 9.17) is 9.97 Å². The Morgan fingerprint density at radius 2 is 1.04 bits per heavy atom. The molecule has 4 nitrogen and oxygen atoms in total. The smallest absolute Gasteiger partial charge is 0.162 e. The number of para-hydroxylation sites is 3. The van der Waals surface area contributed by atoms with Gasteiger partial charge in [0.1, 0.15) is 5.82 Å². The summed E-state index contributed by atoms with van der Waals surface area (Å²) >= 11 is 1.83. The summed E-state index contributed by atoms with van der Waals surface area (Å²) in [7, 11) is 0. The molecule has 0 fully saturated rings. The molecule has 12 aromatic rings. The van der Waals surface area contributed by atoms with Gasteiger partial charge < -0.3 is 4.57 Å². The molecule has 5 heteroatoms. The minimum Gasteiger partial charge on any atom is -0.309 e. The molecule has 4 heterocycles. The van der Waals surface area contributed by atoms with Gasteiger partial charge in [0, 0.05) is 64.6 Å². The fourth-order valence-electron chi connectivity index (χ4n) is 8.81. The van der Waals surface area contributed by atoms with Crippen molar-refractivity contribution in [2.24, 2.45) is 0 Å². The lowest BCUT2D eigenvalue weighted by atomic mass is 10.0. The maximum absolute atomic E-state index is 5.45. The van der Waals surface area contributed by atoms with E-state index in [0.29, 0.717) is 5.82 Å². The third-order valence-corrected chi connectivity index (χ3v) is 12.6. The zero-order valence-electron chi connectivity index (χ0n) is 30.7. The summed E-state index contributed by atoms with van der Waals surface area (Å²) in [5.74, 6) is 1.51. The molecule has 0 unspecified atom stereocenters. The molecular formula is C52H32N4S. The molecule has 12 rings (SSSR count). The summed E-state index contributed by atoms with van der Waals surface area (Å²) < 4.78 is 7.27. The van der Waals surface area contributed by atoms with Crippen LogP contribution in [0.3, 0.4) is 0 Å². The molecule has 0 bridgehead atoms. The summed E-state index contributed by atoms with van der Waals surface area (Å²) in [6.45, 7) is 0. The number of nitrogens with zero attached hydrogens (tertiary/aromatic N) is 4. The summed E-state index contributed by atoms with van der Waals surface area (Å²) in [5.41, 5.74) is 11.0. The Labute approximate surface area is 332 Å². The van der Waals surface area contributed by atoms with E-state index in [2.05, 4.69) is 203 Å². The Morgan fingerprint density at radius 3 is 1.84 bits per heavy atom. The molecule has 0 saturated carbocycles. The van der Waals surface area contributed by atoms with Crippen LogP contribution < -0.4 is 0 Å². The Kier molecular flexibility index (Phi) is 7.06. The van der Waals surface area contributed by atoms with Gasteiger partial charge in [-0.25, -0.2) is 9.97 Å².